The molecule has 0 radical (unpaired) electrons. The summed E-state index contributed by atoms with van der Waals surface area (Å²) in [6.07, 6.45) is -2.07. The standard InChI is InChI=1S/C6H12O6/c7-1-2-11-6(10)12-4-5(9)3-8/h5,7-9H,1-4H2. The van der Waals surface area contributed by atoms with Crippen molar-refractivity contribution in [1.82, 2.24) is 0 Å². The topological polar surface area (TPSA) is 96.2 Å². The normalized spacial score (nSPS) is 12.2. The first-order valence-electron chi connectivity index (χ1n) is 3.40. The Balaban J connectivity index is 3.31. The van der Waals surface area contributed by atoms with Gasteiger partial charge in [-0.25, -0.2) is 4.79 Å². The molecule has 6 heteroatoms. The SMILES string of the molecule is O=C(OCCO)OCC(O)CO. The fraction of sp³-hybridized carbons (Fsp3) is 0.833. The molecule has 0 aromatic carbocycles. The Morgan fingerprint density at radius 1 is 1.33 bits per heavy atom. The molecule has 0 saturated heterocycles. The Labute approximate surface area is 69.3 Å². The number of aliphatic hydroxyl groups excluding tert-OH is 3. The average Bonchev–Trinajstić information content (AvgIpc) is 2.10. The van der Waals surface area contributed by atoms with Crippen LogP contribution in [-0.2, 0) is 9.47 Å². The van der Waals surface area contributed by atoms with Gasteiger partial charge in [0.25, 0.3) is 0 Å². The number of rotatable bonds is 5. The van der Waals surface area contributed by atoms with Gasteiger partial charge in [0.05, 0.1) is 13.2 Å². The molecule has 0 aliphatic heterocycles. The van der Waals surface area contributed by atoms with Crippen molar-refractivity contribution in [2.75, 3.05) is 26.4 Å². The van der Waals surface area contributed by atoms with E-state index in [4.69, 9.17) is 15.3 Å². The van der Waals surface area contributed by atoms with Crippen molar-refractivity contribution in [3.63, 3.8) is 0 Å². The van der Waals surface area contributed by atoms with Crippen LogP contribution in [0.25, 0.3) is 0 Å². The molecular formula is C6H12O6. The van der Waals surface area contributed by atoms with Crippen LogP contribution >= 0.6 is 0 Å². The molecule has 0 aromatic rings. The lowest BCUT2D eigenvalue weighted by Crippen LogP contribution is -2.22. The molecule has 0 amide bonds. The average molecular weight is 180 g/mol. The van der Waals surface area contributed by atoms with E-state index < -0.39 is 18.9 Å². The fourth-order valence-electron chi connectivity index (χ4n) is 0.388. The van der Waals surface area contributed by atoms with Crippen LogP contribution < -0.4 is 0 Å². The first-order chi connectivity index (χ1) is 5.70. The summed E-state index contributed by atoms with van der Waals surface area (Å²) in [4.78, 5) is 10.5. The van der Waals surface area contributed by atoms with Gasteiger partial charge in [-0.3, -0.25) is 0 Å². The summed E-state index contributed by atoms with van der Waals surface area (Å²) in [5.74, 6) is 0. The molecule has 0 heterocycles. The zero-order valence-electron chi connectivity index (χ0n) is 6.47. The van der Waals surface area contributed by atoms with E-state index in [1.165, 1.54) is 0 Å². The number of hydrogen-bond donors (Lipinski definition) is 3. The molecule has 0 saturated carbocycles. The van der Waals surface area contributed by atoms with Gasteiger partial charge in [-0.1, -0.05) is 0 Å². The lowest BCUT2D eigenvalue weighted by atomic mass is 10.4. The molecule has 6 nitrogen and oxygen atoms in total. The molecule has 1 atom stereocenters. The van der Waals surface area contributed by atoms with Crippen LogP contribution in [0.4, 0.5) is 4.79 Å². The molecule has 12 heavy (non-hydrogen) atoms. The summed E-state index contributed by atoms with van der Waals surface area (Å²) in [5.41, 5.74) is 0. The van der Waals surface area contributed by atoms with Gasteiger partial charge in [-0.05, 0) is 0 Å². The van der Waals surface area contributed by atoms with E-state index in [0.29, 0.717) is 0 Å². The maximum absolute atomic E-state index is 10.5. The zero-order chi connectivity index (χ0) is 9.40. The number of carbonyl (C=O) groups is 1. The second-order valence-electron chi connectivity index (χ2n) is 1.97. The van der Waals surface area contributed by atoms with Gasteiger partial charge in [0.1, 0.15) is 19.3 Å². The Kier molecular flexibility index (Phi) is 6.35. The number of aliphatic hydroxyl groups is 3. The molecule has 1 unspecified atom stereocenters. The van der Waals surface area contributed by atoms with E-state index in [0.717, 1.165) is 0 Å². The van der Waals surface area contributed by atoms with E-state index >= 15 is 0 Å². The highest BCUT2D eigenvalue weighted by atomic mass is 16.7. The van der Waals surface area contributed by atoms with Crippen molar-refractivity contribution in [2.24, 2.45) is 0 Å². The predicted octanol–water partition coefficient (Wildman–Crippen LogP) is -1.51. The Morgan fingerprint density at radius 2 is 2.00 bits per heavy atom. The van der Waals surface area contributed by atoms with Gasteiger partial charge in [0.15, 0.2) is 0 Å². The highest BCUT2D eigenvalue weighted by Gasteiger charge is 2.07. The van der Waals surface area contributed by atoms with Crippen molar-refractivity contribution in [3.8, 4) is 0 Å². The monoisotopic (exact) mass is 180 g/mol. The summed E-state index contributed by atoms with van der Waals surface area (Å²) in [6, 6.07) is 0. The van der Waals surface area contributed by atoms with E-state index in [9.17, 15) is 4.79 Å². The van der Waals surface area contributed by atoms with Crippen LogP contribution in [0.15, 0.2) is 0 Å². The summed E-state index contributed by atoms with van der Waals surface area (Å²) in [7, 11) is 0. The van der Waals surface area contributed by atoms with Gasteiger partial charge < -0.3 is 24.8 Å². The van der Waals surface area contributed by atoms with Gasteiger partial charge in [0, 0.05) is 0 Å². The minimum absolute atomic E-state index is 0.145. The largest absolute Gasteiger partial charge is 0.508 e. The summed E-state index contributed by atoms with van der Waals surface area (Å²) in [6.45, 7) is -1.22. The maximum Gasteiger partial charge on any atom is 0.508 e. The molecule has 0 aliphatic rings. The van der Waals surface area contributed by atoms with Crippen LogP contribution in [0.3, 0.4) is 0 Å². The van der Waals surface area contributed by atoms with Crippen LogP contribution in [0.1, 0.15) is 0 Å². The van der Waals surface area contributed by atoms with E-state index in [-0.39, 0.29) is 19.8 Å². The molecular weight excluding hydrogens is 168 g/mol. The highest BCUT2D eigenvalue weighted by molar-refractivity contribution is 5.59. The molecule has 0 aliphatic carbocycles. The third-order valence-corrected chi connectivity index (χ3v) is 0.916. The van der Waals surface area contributed by atoms with Crippen LogP contribution in [0, 0.1) is 0 Å². The lowest BCUT2D eigenvalue weighted by molar-refractivity contribution is -0.00328. The van der Waals surface area contributed by atoms with E-state index in [1.807, 2.05) is 0 Å². The minimum Gasteiger partial charge on any atom is -0.432 e. The molecule has 0 bridgehead atoms. The molecule has 3 N–H and O–H groups in total. The Hall–Kier alpha value is -0.850. The van der Waals surface area contributed by atoms with Gasteiger partial charge in [-0.15, -0.1) is 0 Å². The fourth-order valence-corrected chi connectivity index (χ4v) is 0.388. The van der Waals surface area contributed by atoms with E-state index in [1.54, 1.807) is 0 Å². The second kappa shape index (κ2) is 6.84. The second-order valence-corrected chi connectivity index (χ2v) is 1.97. The molecule has 0 aromatic heterocycles. The van der Waals surface area contributed by atoms with Crippen molar-refractivity contribution in [2.45, 2.75) is 6.10 Å². The number of hydrogen-bond acceptors (Lipinski definition) is 6. The van der Waals surface area contributed by atoms with Gasteiger partial charge in [-0.2, -0.15) is 0 Å². The van der Waals surface area contributed by atoms with Crippen LogP contribution in [0.5, 0.6) is 0 Å². The maximum atomic E-state index is 10.5. The van der Waals surface area contributed by atoms with Crippen molar-refractivity contribution >= 4 is 6.16 Å². The first-order valence-corrected chi connectivity index (χ1v) is 3.40. The van der Waals surface area contributed by atoms with Crippen molar-refractivity contribution < 1.29 is 29.6 Å². The smallest absolute Gasteiger partial charge is 0.432 e. The van der Waals surface area contributed by atoms with Crippen molar-refractivity contribution in [3.05, 3.63) is 0 Å². The highest BCUT2D eigenvalue weighted by Crippen LogP contribution is 1.88. The quantitative estimate of drug-likeness (QED) is 0.445. The minimum atomic E-state index is -1.09. The zero-order valence-corrected chi connectivity index (χ0v) is 6.47. The van der Waals surface area contributed by atoms with Gasteiger partial charge >= 0.3 is 6.16 Å². The Bertz CT molecular complexity index is 125. The summed E-state index contributed by atoms with van der Waals surface area (Å²) >= 11 is 0. The van der Waals surface area contributed by atoms with Crippen molar-refractivity contribution in [1.29, 1.82) is 0 Å². The Morgan fingerprint density at radius 3 is 2.50 bits per heavy atom. The predicted molar refractivity (Wildman–Crippen MR) is 37.5 cm³/mol. The number of ether oxygens (including phenoxy) is 2. The molecule has 0 spiro atoms. The lowest BCUT2D eigenvalue weighted by Gasteiger charge is -2.07. The first kappa shape index (κ1) is 11.2. The third-order valence-electron chi connectivity index (χ3n) is 0.916. The molecule has 72 valence electrons. The van der Waals surface area contributed by atoms with Crippen LogP contribution in [0.2, 0.25) is 0 Å². The summed E-state index contributed by atoms with van der Waals surface area (Å²) < 4.78 is 8.60. The molecule has 0 fully saturated rings. The molecule has 0 rings (SSSR count). The van der Waals surface area contributed by atoms with Gasteiger partial charge in [0.2, 0.25) is 0 Å². The van der Waals surface area contributed by atoms with E-state index in [2.05, 4.69) is 9.47 Å². The third kappa shape index (κ3) is 5.90. The van der Waals surface area contributed by atoms with Crippen LogP contribution in [-0.4, -0.2) is 54.0 Å². The summed E-state index contributed by atoms with van der Waals surface area (Å²) in [5, 5.41) is 25.2. The number of carbonyl (C=O) groups excluding carboxylic acids is 1.